The molecule has 1 atom stereocenters. The van der Waals surface area contributed by atoms with Gasteiger partial charge in [0.1, 0.15) is 0 Å². The van der Waals surface area contributed by atoms with Gasteiger partial charge in [-0.15, -0.1) is 0 Å². The van der Waals surface area contributed by atoms with Gasteiger partial charge in [-0.25, -0.2) is 0 Å². The first-order valence-corrected chi connectivity index (χ1v) is 6.94. The van der Waals surface area contributed by atoms with Crippen molar-refractivity contribution in [3.8, 4) is 0 Å². The van der Waals surface area contributed by atoms with Crippen LogP contribution in [0.2, 0.25) is 0 Å². The van der Waals surface area contributed by atoms with E-state index in [0.717, 1.165) is 16.9 Å². The molecule has 1 aromatic rings. The van der Waals surface area contributed by atoms with Crippen molar-refractivity contribution in [2.75, 3.05) is 6.54 Å². The number of nitrogens with one attached hydrogen (secondary N) is 1. The molecule has 1 aliphatic rings. The van der Waals surface area contributed by atoms with Crippen molar-refractivity contribution in [2.24, 2.45) is 5.92 Å². The Kier molecular flexibility index (Phi) is 4.41. The van der Waals surface area contributed by atoms with Gasteiger partial charge in [-0.05, 0) is 48.2 Å². The van der Waals surface area contributed by atoms with Gasteiger partial charge in [0.05, 0.1) is 17.2 Å². The van der Waals surface area contributed by atoms with Crippen molar-refractivity contribution in [1.29, 1.82) is 0 Å². The summed E-state index contributed by atoms with van der Waals surface area (Å²) in [7, 11) is 0. The monoisotopic (exact) mass is 285 g/mol. The van der Waals surface area contributed by atoms with Crippen LogP contribution in [0.25, 0.3) is 0 Å². The molecule has 1 heterocycles. The average Bonchev–Trinajstić information content (AvgIpc) is 2.87. The molecule has 1 saturated carbocycles. The lowest BCUT2D eigenvalue weighted by Gasteiger charge is -2.16. The Morgan fingerprint density at radius 2 is 2.31 bits per heavy atom. The van der Waals surface area contributed by atoms with Crippen LogP contribution in [-0.2, 0) is 6.54 Å². The molecule has 1 aromatic heterocycles. The third kappa shape index (κ3) is 3.59. The number of rotatable bonds is 5. The topological polar surface area (TPSA) is 29.9 Å². The lowest BCUT2D eigenvalue weighted by Crippen LogP contribution is -2.33. The zero-order valence-electron chi connectivity index (χ0n) is 9.82. The Labute approximate surface area is 106 Å². The van der Waals surface area contributed by atoms with Gasteiger partial charge in [-0.3, -0.25) is 4.68 Å². The molecule has 0 bridgehead atoms. The quantitative estimate of drug-likeness (QED) is 0.902. The second-order valence-corrected chi connectivity index (χ2v) is 5.76. The Bertz CT molecular complexity index is 318. The Hall–Kier alpha value is -0.350. The van der Waals surface area contributed by atoms with E-state index in [9.17, 15) is 0 Å². The molecule has 3 nitrogen and oxygen atoms in total. The molecule has 90 valence electrons. The van der Waals surface area contributed by atoms with Gasteiger partial charge in [0, 0.05) is 12.2 Å². The van der Waals surface area contributed by atoms with Crippen LogP contribution in [0.15, 0.2) is 16.9 Å². The SMILES string of the molecule is CC(Cn1cc(Br)cn1)NCC1CCCC1. The van der Waals surface area contributed by atoms with Crippen LogP contribution >= 0.6 is 15.9 Å². The summed E-state index contributed by atoms with van der Waals surface area (Å²) >= 11 is 3.41. The summed E-state index contributed by atoms with van der Waals surface area (Å²) in [6.07, 6.45) is 9.52. The summed E-state index contributed by atoms with van der Waals surface area (Å²) in [5.41, 5.74) is 0. The minimum atomic E-state index is 0.493. The van der Waals surface area contributed by atoms with E-state index in [1.54, 1.807) is 0 Å². The highest BCUT2D eigenvalue weighted by Crippen LogP contribution is 2.23. The maximum Gasteiger partial charge on any atom is 0.0632 e. The first-order chi connectivity index (χ1) is 7.74. The lowest BCUT2D eigenvalue weighted by molar-refractivity contribution is 0.403. The van der Waals surface area contributed by atoms with Crippen molar-refractivity contribution in [1.82, 2.24) is 15.1 Å². The van der Waals surface area contributed by atoms with E-state index in [1.165, 1.54) is 32.2 Å². The normalized spacial score (nSPS) is 19.1. The first-order valence-electron chi connectivity index (χ1n) is 6.15. The Morgan fingerprint density at radius 1 is 1.56 bits per heavy atom. The van der Waals surface area contributed by atoms with Crippen molar-refractivity contribution in [3.63, 3.8) is 0 Å². The smallest absolute Gasteiger partial charge is 0.0632 e. The highest BCUT2D eigenvalue weighted by molar-refractivity contribution is 9.10. The van der Waals surface area contributed by atoms with E-state index in [-0.39, 0.29) is 0 Å². The van der Waals surface area contributed by atoms with Crippen LogP contribution < -0.4 is 5.32 Å². The van der Waals surface area contributed by atoms with Crippen LogP contribution in [0.4, 0.5) is 0 Å². The average molecular weight is 286 g/mol. The second kappa shape index (κ2) is 5.82. The van der Waals surface area contributed by atoms with E-state index >= 15 is 0 Å². The molecule has 0 saturated heterocycles. The van der Waals surface area contributed by atoms with Gasteiger partial charge in [0.2, 0.25) is 0 Å². The van der Waals surface area contributed by atoms with Gasteiger partial charge in [-0.1, -0.05) is 12.8 Å². The van der Waals surface area contributed by atoms with Crippen LogP contribution in [0.3, 0.4) is 0 Å². The highest BCUT2D eigenvalue weighted by atomic mass is 79.9. The zero-order chi connectivity index (χ0) is 11.4. The maximum absolute atomic E-state index is 4.27. The third-order valence-corrected chi connectivity index (χ3v) is 3.70. The zero-order valence-corrected chi connectivity index (χ0v) is 11.4. The van der Waals surface area contributed by atoms with Crippen molar-refractivity contribution >= 4 is 15.9 Å². The van der Waals surface area contributed by atoms with Gasteiger partial charge in [0.25, 0.3) is 0 Å². The van der Waals surface area contributed by atoms with E-state index in [4.69, 9.17) is 0 Å². The van der Waals surface area contributed by atoms with Crippen LogP contribution in [0, 0.1) is 5.92 Å². The Balaban J connectivity index is 1.69. The predicted molar refractivity (Wildman–Crippen MR) is 69.3 cm³/mol. The molecule has 1 N–H and O–H groups in total. The van der Waals surface area contributed by atoms with Crippen molar-refractivity contribution < 1.29 is 0 Å². The molecule has 2 rings (SSSR count). The molecule has 0 spiro atoms. The van der Waals surface area contributed by atoms with E-state index in [1.807, 2.05) is 17.1 Å². The number of halogens is 1. The minimum Gasteiger partial charge on any atom is -0.312 e. The fourth-order valence-electron chi connectivity index (χ4n) is 2.37. The highest BCUT2D eigenvalue weighted by Gasteiger charge is 2.15. The number of nitrogens with zero attached hydrogens (tertiary/aromatic N) is 2. The summed E-state index contributed by atoms with van der Waals surface area (Å²) in [6.45, 7) is 4.34. The minimum absolute atomic E-state index is 0.493. The van der Waals surface area contributed by atoms with Crippen LogP contribution in [-0.4, -0.2) is 22.4 Å². The van der Waals surface area contributed by atoms with Crippen LogP contribution in [0.5, 0.6) is 0 Å². The molecule has 1 unspecified atom stereocenters. The molecule has 1 aliphatic carbocycles. The van der Waals surface area contributed by atoms with E-state index in [0.29, 0.717) is 6.04 Å². The Morgan fingerprint density at radius 3 is 2.94 bits per heavy atom. The molecule has 0 radical (unpaired) electrons. The molecular formula is C12H20BrN3. The summed E-state index contributed by atoms with van der Waals surface area (Å²) in [4.78, 5) is 0. The molecule has 0 amide bonds. The molecule has 0 aromatic carbocycles. The number of aromatic nitrogens is 2. The second-order valence-electron chi connectivity index (χ2n) is 4.84. The fourth-order valence-corrected chi connectivity index (χ4v) is 2.69. The third-order valence-electron chi connectivity index (χ3n) is 3.29. The summed E-state index contributed by atoms with van der Waals surface area (Å²) in [6, 6.07) is 0.493. The predicted octanol–water partition coefficient (Wildman–Crippen LogP) is 2.81. The van der Waals surface area contributed by atoms with Crippen molar-refractivity contribution in [3.05, 3.63) is 16.9 Å². The largest absolute Gasteiger partial charge is 0.312 e. The van der Waals surface area contributed by atoms with Gasteiger partial charge in [-0.2, -0.15) is 5.10 Å². The summed E-state index contributed by atoms with van der Waals surface area (Å²) < 4.78 is 3.03. The first kappa shape index (κ1) is 12.1. The van der Waals surface area contributed by atoms with E-state index in [2.05, 4.69) is 33.3 Å². The number of hydrogen-bond donors (Lipinski definition) is 1. The molecular weight excluding hydrogens is 266 g/mol. The molecule has 16 heavy (non-hydrogen) atoms. The fraction of sp³-hybridized carbons (Fsp3) is 0.750. The molecule has 4 heteroatoms. The summed E-state index contributed by atoms with van der Waals surface area (Å²) in [5.74, 6) is 0.909. The maximum atomic E-state index is 4.27. The molecule has 0 aliphatic heterocycles. The number of hydrogen-bond acceptors (Lipinski definition) is 2. The van der Waals surface area contributed by atoms with Gasteiger partial charge >= 0.3 is 0 Å². The van der Waals surface area contributed by atoms with E-state index < -0.39 is 0 Å². The van der Waals surface area contributed by atoms with Gasteiger partial charge in [0.15, 0.2) is 0 Å². The summed E-state index contributed by atoms with van der Waals surface area (Å²) in [5, 5.41) is 7.87. The van der Waals surface area contributed by atoms with Crippen molar-refractivity contribution in [2.45, 2.75) is 45.2 Å². The standard InChI is InChI=1S/C12H20BrN3/c1-10(8-16-9-12(13)7-15-16)14-6-11-4-2-3-5-11/h7,9-11,14H,2-6,8H2,1H3. The van der Waals surface area contributed by atoms with Crippen LogP contribution in [0.1, 0.15) is 32.6 Å². The lowest BCUT2D eigenvalue weighted by atomic mass is 10.1. The molecule has 1 fully saturated rings. The van der Waals surface area contributed by atoms with Gasteiger partial charge < -0.3 is 5.32 Å².